The highest BCUT2D eigenvalue weighted by Gasteiger charge is 2.29. The number of nitrogens with zero attached hydrogens (tertiary/aromatic N) is 3. The molecule has 0 saturated carbocycles. The maximum atomic E-state index is 13.5. The maximum Gasteiger partial charge on any atom is 0.254 e. The van der Waals surface area contributed by atoms with Gasteiger partial charge in [0.05, 0.1) is 11.7 Å². The summed E-state index contributed by atoms with van der Waals surface area (Å²) >= 11 is 0. The second kappa shape index (κ2) is 7.70. The van der Waals surface area contributed by atoms with Crippen molar-refractivity contribution in [2.75, 3.05) is 6.54 Å². The first-order chi connectivity index (χ1) is 13.9. The van der Waals surface area contributed by atoms with Gasteiger partial charge >= 0.3 is 0 Å². The van der Waals surface area contributed by atoms with Crippen LogP contribution in [0.25, 0.3) is 11.6 Å². The summed E-state index contributed by atoms with van der Waals surface area (Å²) in [5.41, 5.74) is 5.03. The first-order valence-corrected chi connectivity index (χ1v) is 10.1. The fourth-order valence-electron chi connectivity index (χ4n) is 3.86. The third-order valence-corrected chi connectivity index (χ3v) is 5.28. The number of benzene rings is 2. The average molecular weight is 386 g/mol. The molecule has 0 aliphatic carbocycles. The molecule has 1 aromatic heterocycles. The average Bonchev–Trinajstić information content (AvgIpc) is 3.17. The summed E-state index contributed by atoms with van der Waals surface area (Å²) < 4.78 is 2.10. The summed E-state index contributed by atoms with van der Waals surface area (Å²) in [5, 5.41) is 4.60. The van der Waals surface area contributed by atoms with Gasteiger partial charge in [-0.05, 0) is 38.0 Å². The van der Waals surface area contributed by atoms with Gasteiger partial charge in [-0.1, -0.05) is 60.7 Å². The Morgan fingerprint density at radius 3 is 2.31 bits per heavy atom. The number of fused-ring (bicyclic) bond motifs is 1. The molecule has 29 heavy (non-hydrogen) atoms. The van der Waals surface area contributed by atoms with Crippen molar-refractivity contribution in [2.45, 2.75) is 39.3 Å². The third kappa shape index (κ3) is 4.02. The molecule has 0 saturated heterocycles. The molecule has 2 heterocycles. The predicted octanol–water partition coefficient (Wildman–Crippen LogP) is 4.76. The van der Waals surface area contributed by atoms with E-state index >= 15 is 0 Å². The van der Waals surface area contributed by atoms with Crippen molar-refractivity contribution in [3.05, 3.63) is 89.2 Å². The minimum Gasteiger partial charge on any atom is -0.334 e. The van der Waals surface area contributed by atoms with E-state index in [9.17, 15) is 4.79 Å². The van der Waals surface area contributed by atoms with Crippen LogP contribution in [0.5, 0.6) is 0 Å². The standard InChI is InChI=1S/C25H27N3O/c1-25(2,3)28-23-14-15-27(18-21(23)17-26-28)24(29)22(20-12-8-5-9-13-20)16-19-10-6-4-7-11-19/h4-13,16-17H,14-15,18H2,1-3H3/b22-16-. The molecular weight excluding hydrogens is 358 g/mol. The van der Waals surface area contributed by atoms with Crippen LogP contribution in [0.15, 0.2) is 66.9 Å². The zero-order valence-corrected chi connectivity index (χ0v) is 17.3. The monoisotopic (exact) mass is 385 g/mol. The first-order valence-electron chi connectivity index (χ1n) is 10.1. The van der Waals surface area contributed by atoms with E-state index in [-0.39, 0.29) is 11.4 Å². The second-order valence-electron chi connectivity index (χ2n) is 8.51. The highest BCUT2D eigenvalue weighted by Crippen LogP contribution is 2.27. The molecule has 0 radical (unpaired) electrons. The lowest BCUT2D eigenvalue weighted by molar-refractivity contribution is -0.125. The van der Waals surface area contributed by atoms with E-state index in [4.69, 9.17) is 0 Å². The van der Waals surface area contributed by atoms with Crippen LogP contribution in [0.2, 0.25) is 0 Å². The topological polar surface area (TPSA) is 38.1 Å². The quantitative estimate of drug-likeness (QED) is 0.481. The Kier molecular flexibility index (Phi) is 5.10. The Labute approximate surface area is 172 Å². The highest BCUT2D eigenvalue weighted by molar-refractivity contribution is 6.24. The molecule has 0 bridgehead atoms. The molecule has 0 fully saturated rings. The summed E-state index contributed by atoms with van der Waals surface area (Å²) in [4.78, 5) is 15.5. The van der Waals surface area contributed by atoms with Crippen molar-refractivity contribution in [3.63, 3.8) is 0 Å². The van der Waals surface area contributed by atoms with Crippen LogP contribution in [0.1, 0.15) is 43.2 Å². The van der Waals surface area contributed by atoms with Crippen molar-refractivity contribution < 1.29 is 4.79 Å². The zero-order chi connectivity index (χ0) is 20.4. The Bertz CT molecular complexity index is 1030. The lowest BCUT2D eigenvalue weighted by Crippen LogP contribution is -2.38. The SMILES string of the molecule is CC(C)(C)n1ncc2c1CCN(C(=O)/C(=C\c1ccccc1)c1ccccc1)C2. The van der Waals surface area contributed by atoms with Gasteiger partial charge in [0, 0.05) is 36.3 Å². The summed E-state index contributed by atoms with van der Waals surface area (Å²) in [6, 6.07) is 19.9. The molecule has 1 amide bonds. The smallest absolute Gasteiger partial charge is 0.254 e. The molecule has 4 rings (SSSR count). The van der Waals surface area contributed by atoms with Crippen molar-refractivity contribution in [1.29, 1.82) is 0 Å². The van der Waals surface area contributed by atoms with Gasteiger partial charge in [0.15, 0.2) is 0 Å². The van der Waals surface area contributed by atoms with Crippen molar-refractivity contribution in [2.24, 2.45) is 0 Å². The van der Waals surface area contributed by atoms with Gasteiger partial charge in [0.2, 0.25) is 0 Å². The largest absolute Gasteiger partial charge is 0.334 e. The van der Waals surface area contributed by atoms with Gasteiger partial charge in [-0.2, -0.15) is 5.10 Å². The zero-order valence-electron chi connectivity index (χ0n) is 17.3. The number of amides is 1. The molecule has 0 N–H and O–H groups in total. The fraction of sp³-hybridized carbons (Fsp3) is 0.280. The number of carbonyl (C=O) groups is 1. The van der Waals surface area contributed by atoms with E-state index in [1.807, 2.05) is 77.8 Å². The highest BCUT2D eigenvalue weighted by atomic mass is 16.2. The molecule has 0 spiro atoms. The normalized spacial score (nSPS) is 14.6. The molecule has 0 unspecified atom stereocenters. The van der Waals surface area contributed by atoms with Crippen LogP contribution in [0, 0.1) is 0 Å². The van der Waals surface area contributed by atoms with E-state index in [0.717, 1.165) is 28.7 Å². The lowest BCUT2D eigenvalue weighted by atomic mass is 9.99. The molecule has 4 heteroatoms. The van der Waals surface area contributed by atoms with Crippen LogP contribution >= 0.6 is 0 Å². The minimum absolute atomic E-state index is 0.0534. The minimum atomic E-state index is -0.0534. The molecule has 3 aromatic rings. The molecule has 0 atom stereocenters. The van der Waals surface area contributed by atoms with Gasteiger partial charge in [0.25, 0.3) is 5.91 Å². The van der Waals surface area contributed by atoms with E-state index in [1.165, 1.54) is 5.69 Å². The van der Waals surface area contributed by atoms with Crippen molar-refractivity contribution >= 4 is 17.6 Å². The van der Waals surface area contributed by atoms with Gasteiger partial charge in [-0.3, -0.25) is 9.48 Å². The van der Waals surface area contributed by atoms with Gasteiger partial charge in [-0.25, -0.2) is 0 Å². The van der Waals surface area contributed by atoms with Crippen molar-refractivity contribution in [3.8, 4) is 0 Å². The Morgan fingerprint density at radius 2 is 1.66 bits per heavy atom. The molecule has 1 aliphatic heterocycles. The maximum absolute atomic E-state index is 13.5. The van der Waals surface area contributed by atoms with Crippen LogP contribution in [0.4, 0.5) is 0 Å². The third-order valence-electron chi connectivity index (χ3n) is 5.28. The summed E-state index contributed by atoms with van der Waals surface area (Å²) in [5.74, 6) is 0.0641. The first kappa shape index (κ1) is 19.2. The fourth-order valence-corrected chi connectivity index (χ4v) is 3.86. The molecule has 148 valence electrons. The van der Waals surface area contributed by atoms with E-state index < -0.39 is 0 Å². The van der Waals surface area contributed by atoms with Gasteiger partial charge in [-0.15, -0.1) is 0 Å². The lowest BCUT2D eigenvalue weighted by Gasteiger charge is -2.31. The number of hydrogen-bond acceptors (Lipinski definition) is 2. The van der Waals surface area contributed by atoms with E-state index in [0.29, 0.717) is 13.1 Å². The van der Waals surface area contributed by atoms with Gasteiger partial charge < -0.3 is 4.90 Å². The van der Waals surface area contributed by atoms with Crippen LogP contribution in [0.3, 0.4) is 0 Å². The Hall–Kier alpha value is -3.14. The summed E-state index contributed by atoms with van der Waals surface area (Å²) in [6.45, 7) is 7.78. The van der Waals surface area contributed by atoms with Crippen LogP contribution in [-0.2, 0) is 23.3 Å². The number of hydrogen-bond donors (Lipinski definition) is 0. The Morgan fingerprint density at radius 1 is 1.00 bits per heavy atom. The number of aromatic nitrogens is 2. The van der Waals surface area contributed by atoms with E-state index in [1.54, 1.807) is 0 Å². The second-order valence-corrected chi connectivity index (χ2v) is 8.51. The van der Waals surface area contributed by atoms with Crippen molar-refractivity contribution in [1.82, 2.24) is 14.7 Å². The summed E-state index contributed by atoms with van der Waals surface area (Å²) in [6.07, 6.45) is 4.74. The predicted molar refractivity (Wildman–Crippen MR) is 117 cm³/mol. The number of carbonyl (C=O) groups excluding carboxylic acids is 1. The molecule has 2 aromatic carbocycles. The van der Waals surface area contributed by atoms with Gasteiger partial charge in [0.1, 0.15) is 0 Å². The Balaban J connectivity index is 1.66. The van der Waals surface area contributed by atoms with Crippen LogP contribution < -0.4 is 0 Å². The molecular formula is C25H27N3O. The van der Waals surface area contributed by atoms with Crippen LogP contribution in [-0.4, -0.2) is 27.1 Å². The molecule has 4 nitrogen and oxygen atoms in total. The van der Waals surface area contributed by atoms with E-state index in [2.05, 4.69) is 30.6 Å². The molecule has 1 aliphatic rings. The summed E-state index contributed by atoms with van der Waals surface area (Å²) in [7, 11) is 0. The number of rotatable bonds is 3.